The van der Waals surface area contributed by atoms with E-state index in [4.69, 9.17) is 0 Å². The van der Waals surface area contributed by atoms with Crippen LogP contribution in [-0.2, 0) is 0 Å². The van der Waals surface area contributed by atoms with E-state index in [-0.39, 0.29) is 0 Å². The molecule has 0 saturated heterocycles. The summed E-state index contributed by atoms with van der Waals surface area (Å²) in [5.41, 5.74) is 0.816. The van der Waals surface area contributed by atoms with Crippen LogP contribution in [-0.4, -0.2) is 13.1 Å². The first-order chi connectivity index (χ1) is 9.22. The standard InChI is InChI=1S/C18H31N/c1-12(19-2)17-14-7-13-8-15(17)11-18(9-13,10-14)16-5-3-4-6-16/h12-17,19H,3-11H2,1-2H3. The molecule has 0 radical (unpaired) electrons. The summed E-state index contributed by atoms with van der Waals surface area (Å²) in [6.45, 7) is 2.44. The Morgan fingerprint density at radius 3 is 2.21 bits per heavy atom. The van der Waals surface area contributed by atoms with Crippen molar-refractivity contribution in [3.63, 3.8) is 0 Å². The summed E-state index contributed by atoms with van der Waals surface area (Å²) in [4.78, 5) is 0. The number of nitrogens with one attached hydrogen (secondary N) is 1. The van der Waals surface area contributed by atoms with Crippen molar-refractivity contribution in [3.8, 4) is 0 Å². The fourth-order valence-corrected chi connectivity index (χ4v) is 7.17. The Balaban J connectivity index is 1.60. The van der Waals surface area contributed by atoms with E-state index in [1.165, 1.54) is 12.8 Å². The third-order valence-electron chi connectivity index (χ3n) is 7.65. The molecule has 3 atom stereocenters. The Labute approximate surface area is 118 Å². The second-order valence-electron chi connectivity index (χ2n) is 8.47. The van der Waals surface area contributed by atoms with Crippen LogP contribution < -0.4 is 5.32 Å². The molecule has 1 heteroatoms. The lowest BCUT2D eigenvalue weighted by atomic mass is 9.42. The van der Waals surface area contributed by atoms with Crippen LogP contribution in [0.2, 0.25) is 0 Å². The van der Waals surface area contributed by atoms with Crippen molar-refractivity contribution in [1.82, 2.24) is 5.32 Å². The largest absolute Gasteiger partial charge is 0.317 e. The van der Waals surface area contributed by atoms with Crippen LogP contribution in [0.15, 0.2) is 0 Å². The fraction of sp³-hybridized carbons (Fsp3) is 1.00. The Bertz CT molecular complexity index is 328. The van der Waals surface area contributed by atoms with Gasteiger partial charge in [0, 0.05) is 6.04 Å². The third kappa shape index (κ3) is 1.83. The van der Waals surface area contributed by atoms with Crippen LogP contribution in [0, 0.1) is 35.0 Å². The van der Waals surface area contributed by atoms with Gasteiger partial charge in [-0.15, -0.1) is 0 Å². The van der Waals surface area contributed by atoms with Crippen molar-refractivity contribution in [1.29, 1.82) is 0 Å². The van der Waals surface area contributed by atoms with Gasteiger partial charge in [0.25, 0.3) is 0 Å². The molecule has 1 N–H and O–H groups in total. The maximum atomic E-state index is 3.57. The molecule has 0 aromatic heterocycles. The summed E-state index contributed by atoms with van der Waals surface area (Å²) >= 11 is 0. The molecular formula is C18H31N. The van der Waals surface area contributed by atoms with E-state index in [0.717, 1.165) is 41.0 Å². The zero-order valence-corrected chi connectivity index (χ0v) is 12.8. The molecule has 108 valence electrons. The van der Waals surface area contributed by atoms with Gasteiger partial charge in [0.2, 0.25) is 0 Å². The first kappa shape index (κ1) is 12.7. The first-order valence-corrected chi connectivity index (χ1v) is 8.89. The average molecular weight is 261 g/mol. The second-order valence-corrected chi connectivity index (χ2v) is 8.47. The second kappa shape index (κ2) is 4.48. The zero-order valence-electron chi connectivity index (χ0n) is 12.8. The van der Waals surface area contributed by atoms with Gasteiger partial charge >= 0.3 is 0 Å². The topological polar surface area (TPSA) is 12.0 Å². The summed E-state index contributed by atoms with van der Waals surface area (Å²) in [6, 6.07) is 0.746. The molecule has 5 fully saturated rings. The van der Waals surface area contributed by atoms with E-state index in [1.54, 1.807) is 44.9 Å². The van der Waals surface area contributed by atoms with E-state index in [0.29, 0.717) is 0 Å². The van der Waals surface area contributed by atoms with Gasteiger partial charge in [-0.2, -0.15) is 0 Å². The molecule has 1 nitrogen and oxygen atoms in total. The maximum Gasteiger partial charge on any atom is 0.00693 e. The summed E-state index contributed by atoms with van der Waals surface area (Å²) in [5, 5.41) is 3.57. The van der Waals surface area contributed by atoms with Crippen LogP contribution in [0.25, 0.3) is 0 Å². The SMILES string of the molecule is CNC(C)C1C2CC3CC1CC(C1CCCC1)(C3)C2. The number of hydrogen-bond acceptors (Lipinski definition) is 1. The minimum absolute atomic E-state index is 0.746. The molecule has 4 bridgehead atoms. The summed E-state index contributed by atoms with van der Waals surface area (Å²) in [6.07, 6.45) is 14.2. The molecule has 5 aliphatic rings. The van der Waals surface area contributed by atoms with Gasteiger partial charge in [-0.05, 0) is 93.9 Å². The van der Waals surface area contributed by atoms with Gasteiger partial charge in [-0.3, -0.25) is 0 Å². The molecule has 5 rings (SSSR count). The molecule has 19 heavy (non-hydrogen) atoms. The quantitative estimate of drug-likeness (QED) is 0.802. The van der Waals surface area contributed by atoms with Gasteiger partial charge in [-0.25, -0.2) is 0 Å². The highest BCUT2D eigenvalue weighted by atomic mass is 14.9. The molecule has 0 aromatic carbocycles. The van der Waals surface area contributed by atoms with Crippen molar-refractivity contribution >= 4 is 0 Å². The van der Waals surface area contributed by atoms with Crippen molar-refractivity contribution in [2.45, 2.75) is 70.8 Å². The molecular weight excluding hydrogens is 230 g/mol. The zero-order chi connectivity index (χ0) is 13.0. The van der Waals surface area contributed by atoms with Crippen molar-refractivity contribution in [3.05, 3.63) is 0 Å². The Hall–Kier alpha value is -0.0400. The van der Waals surface area contributed by atoms with Crippen LogP contribution >= 0.6 is 0 Å². The van der Waals surface area contributed by atoms with Crippen molar-refractivity contribution < 1.29 is 0 Å². The molecule has 3 unspecified atom stereocenters. The maximum absolute atomic E-state index is 3.57. The van der Waals surface area contributed by atoms with E-state index in [9.17, 15) is 0 Å². The lowest BCUT2D eigenvalue weighted by molar-refractivity contribution is -0.128. The van der Waals surface area contributed by atoms with Crippen LogP contribution in [0.5, 0.6) is 0 Å². The molecule has 0 heterocycles. The van der Waals surface area contributed by atoms with Crippen LogP contribution in [0.3, 0.4) is 0 Å². The average Bonchev–Trinajstić information content (AvgIpc) is 2.91. The van der Waals surface area contributed by atoms with Gasteiger partial charge in [0.15, 0.2) is 0 Å². The van der Waals surface area contributed by atoms with Gasteiger partial charge in [0.05, 0.1) is 0 Å². The van der Waals surface area contributed by atoms with E-state index in [1.807, 2.05) is 0 Å². The highest BCUT2D eigenvalue weighted by Crippen LogP contribution is 2.66. The lowest BCUT2D eigenvalue weighted by Gasteiger charge is -2.63. The molecule has 0 amide bonds. The third-order valence-corrected chi connectivity index (χ3v) is 7.65. The molecule has 5 aliphatic carbocycles. The number of rotatable bonds is 3. The Morgan fingerprint density at radius 1 is 1.00 bits per heavy atom. The predicted molar refractivity (Wildman–Crippen MR) is 80.0 cm³/mol. The predicted octanol–water partition coefficient (Wildman–Crippen LogP) is 4.23. The highest BCUT2D eigenvalue weighted by Gasteiger charge is 2.58. The van der Waals surface area contributed by atoms with Gasteiger partial charge in [-0.1, -0.05) is 12.8 Å². The fourth-order valence-electron chi connectivity index (χ4n) is 7.17. The van der Waals surface area contributed by atoms with Crippen molar-refractivity contribution in [2.75, 3.05) is 7.05 Å². The van der Waals surface area contributed by atoms with E-state index < -0.39 is 0 Å². The normalized spacial score (nSPS) is 50.8. The van der Waals surface area contributed by atoms with Gasteiger partial charge < -0.3 is 5.32 Å². The molecule has 0 aliphatic heterocycles. The monoisotopic (exact) mass is 261 g/mol. The molecule has 0 aromatic rings. The smallest absolute Gasteiger partial charge is 0.00693 e. The van der Waals surface area contributed by atoms with E-state index >= 15 is 0 Å². The van der Waals surface area contributed by atoms with Gasteiger partial charge in [0.1, 0.15) is 0 Å². The first-order valence-electron chi connectivity index (χ1n) is 8.89. The molecule has 5 saturated carbocycles. The minimum Gasteiger partial charge on any atom is -0.317 e. The highest BCUT2D eigenvalue weighted by molar-refractivity contribution is 5.08. The van der Waals surface area contributed by atoms with Crippen molar-refractivity contribution in [2.24, 2.45) is 35.0 Å². The summed E-state index contributed by atoms with van der Waals surface area (Å²) in [7, 11) is 2.17. The minimum atomic E-state index is 0.746. The Morgan fingerprint density at radius 2 is 1.63 bits per heavy atom. The lowest BCUT2D eigenvalue weighted by Crippen LogP contribution is -2.57. The van der Waals surface area contributed by atoms with E-state index in [2.05, 4.69) is 19.3 Å². The number of hydrogen-bond donors (Lipinski definition) is 1. The molecule has 0 spiro atoms. The van der Waals surface area contributed by atoms with Crippen LogP contribution in [0.1, 0.15) is 64.7 Å². The Kier molecular flexibility index (Phi) is 2.99. The summed E-state index contributed by atoms with van der Waals surface area (Å²) in [5.74, 6) is 5.35. The summed E-state index contributed by atoms with van der Waals surface area (Å²) < 4.78 is 0. The van der Waals surface area contributed by atoms with Crippen LogP contribution in [0.4, 0.5) is 0 Å².